The maximum absolute atomic E-state index is 10.9. The van der Waals surface area contributed by atoms with Gasteiger partial charge in [0.25, 0.3) is 0 Å². The van der Waals surface area contributed by atoms with Crippen molar-refractivity contribution in [3.63, 3.8) is 0 Å². The molecule has 2 rings (SSSR count). The van der Waals surface area contributed by atoms with Gasteiger partial charge in [0, 0.05) is 51.6 Å². The van der Waals surface area contributed by atoms with Gasteiger partial charge in [-0.1, -0.05) is 6.92 Å². The fourth-order valence-electron chi connectivity index (χ4n) is 2.30. The van der Waals surface area contributed by atoms with E-state index in [-0.39, 0.29) is 5.91 Å². The van der Waals surface area contributed by atoms with Gasteiger partial charge >= 0.3 is 0 Å². The van der Waals surface area contributed by atoms with Crippen LogP contribution >= 0.6 is 0 Å². The van der Waals surface area contributed by atoms with Crippen molar-refractivity contribution in [3.05, 3.63) is 17.2 Å². The van der Waals surface area contributed by atoms with Gasteiger partial charge in [0.15, 0.2) is 0 Å². The van der Waals surface area contributed by atoms with Crippen LogP contribution in [0.3, 0.4) is 0 Å². The van der Waals surface area contributed by atoms with Gasteiger partial charge in [-0.3, -0.25) is 4.79 Å². The van der Waals surface area contributed by atoms with Crippen LogP contribution in [0.15, 0.2) is 0 Å². The summed E-state index contributed by atoms with van der Waals surface area (Å²) in [5.74, 6) is 1.16. The number of rotatable bonds is 4. The van der Waals surface area contributed by atoms with Crippen LogP contribution in [-0.4, -0.2) is 28.5 Å². The van der Waals surface area contributed by atoms with E-state index in [1.807, 2.05) is 0 Å². The summed E-state index contributed by atoms with van der Waals surface area (Å²) in [7, 11) is 0. The molecule has 0 aromatic carbocycles. The fraction of sp³-hybridized carbons (Fsp3) is 0.667. The predicted octanol–water partition coefficient (Wildman–Crippen LogP) is 0.227. The Morgan fingerprint density at radius 1 is 1.59 bits per heavy atom. The minimum Gasteiger partial charge on any atom is -0.355 e. The highest BCUT2D eigenvalue weighted by atomic mass is 16.1. The number of aryl methyl sites for hydroxylation is 1. The van der Waals surface area contributed by atoms with Crippen LogP contribution in [0.1, 0.15) is 31.1 Å². The Bertz CT molecular complexity index is 411. The van der Waals surface area contributed by atoms with Gasteiger partial charge in [-0.15, -0.1) is 0 Å². The molecule has 2 N–H and O–H groups in total. The van der Waals surface area contributed by atoms with E-state index < -0.39 is 0 Å². The molecule has 1 aliphatic rings. The number of fused-ring (bicyclic) bond motifs is 1. The lowest BCUT2D eigenvalue weighted by Gasteiger charge is -2.16. The number of carbonyl (C=O) groups is 1. The Morgan fingerprint density at radius 3 is 3.12 bits per heavy atom. The number of carbonyl (C=O) groups excluding carboxylic acids is 1. The standard InChI is InChI=1S/C12H20N4O/c1-3-12-15-10-8-13-5-4-11(10)16(12)7-6-14-9(2)17/h13H,3-8H2,1-2H3,(H,14,17). The van der Waals surface area contributed by atoms with Gasteiger partial charge in [-0.25, -0.2) is 4.98 Å². The minimum absolute atomic E-state index is 0.0266. The zero-order valence-electron chi connectivity index (χ0n) is 10.5. The molecule has 0 atom stereocenters. The maximum Gasteiger partial charge on any atom is 0.216 e. The van der Waals surface area contributed by atoms with Crippen LogP contribution in [0.2, 0.25) is 0 Å². The lowest BCUT2D eigenvalue weighted by molar-refractivity contribution is -0.118. The van der Waals surface area contributed by atoms with Gasteiger partial charge in [0.1, 0.15) is 5.82 Å². The summed E-state index contributed by atoms with van der Waals surface area (Å²) in [5.41, 5.74) is 2.52. The van der Waals surface area contributed by atoms with Gasteiger partial charge in [-0.05, 0) is 0 Å². The summed E-state index contributed by atoms with van der Waals surface area (Å²) in [6.07, 6.45) is 1.97. The first-order valence-electron chi connectivity index (χ1n) is 6.24. The third-order valence-electron chi connectivity index (χ3n) is 3.09. The van der Waals surface area contributed by atoms with Crippen LogP contribution in [0.25, 0.3) is 0 Å². The van der Waals surface area contributed by atoms with E-state index in [0.717, 1.165) is 38.3 Å². The number of nitrogens with one attached hydrogen (secondary N) is 2. The number of imidazole rings is 1. The third kappa shape index (κ3) is 2.66. The number of aromatic nitrogens is 2. The van der Waals surface area contributed by atoms with Crippen molar-refractivity contribution in [1.29, 1.82) is 0 Å². The second-order valence-electron chi connectivity index (χ2n) is 4.34. The molecule has 94 valence electrons. The summed E-state index contributed by atoms with van der Waals surface area (Å²) in [6, 6.07) is 0. The lowest BCUT2D eigenvalue weighted by Crippen LogP contribution is -2.28. The molecule has 17 heavy (non-hydrogen) atoms. The van der Waals surface area contributed by atoms with Crippen molar-refractivity contribution in [2.75, 3.05) is 13.1 Å². The molecule has 0 fully saturated rings. The summed E-state index contributed by atoms with van der Waals surface area (Å²) in [6.45, 7) is 7.06. The molecule has 1 amide bonds. The zero-order valence-corrected chi connectivity index (χ0v) is 10.5. The summed E-state index contributed by atoms with van der Waals surface area (Å²) >= 11 is 0. The molecular formula is C12H20N4O. The van der Waals surface area contributed by atoms with Crippen LogP contribution in [-0.2, 0) is 30.7 Å². The molecule has 5 heteroatoms. The molecule has 1 aliphatic heterocycles. The van der Waals surface area contributed by atoms with E-state index in [1.165, 1.54) is 11.4 Å². The van der Waals surface area contributed by atoms with Crippen LogP contribution in [0.4, 0.5) is 0 Å². The van der Waals surface area contributed by atoms with Crippen molar-refractivity contribution in [3.8, 4) is 0 Å². The van der Waals surface area contributed by atoms with Gasteiger partial charge in [0.2, 0.25) is 5.91 Å². The molecular weight excluding hydrogens is 216 g/mol. The van der Waals surface area contributed by atoms with E-state index in [1.54, 1.807) is 6.92 Å². The third-order valence-corrected chi connectivity index (χ3v) is 3.09. The van der Waals surface area contributed by atoms with Crippen molar-refractivity contribution >= 4 is 5.91 Å². The lowest BCUT2D eigenvalue weighted by atomic mass is 10.2. The molecule has 0 saturated heterocycles. The highest BCUT2D eigenvalue weighted by molar-refractivity contribution is 5.72. The number of hydrogen-bond donors (Lipinski definition) is 2. The average molecular weight is 236 g/mol. The SMILES string of the molecule is CCc1nc2c(n1CCNC(C)=O)CCNC2. The van der Waals surface area contributed by atoms with Crippen molar-refractivity contribution in [2.45, 2.75) is 39.8 Å². The maximum atomic E-state index is 10.9. The van der Waals surface area contributed by atoms with Crippen LogP contribution in [0, 0.1) is 0 Å². The molecule has 5 nitrogen and oxygen atoms in total. The van der Waals surface area contributed by atoms with Crippen molar-refractivity contribution < 1.29 is 4.79 Å². The Kier molecular flexibility index (Phi) is 3.78. The zero-order chi connectivity index (χ0) is 12.3. The first-order chi connectivity index (χ1) is 8.22. The number of nitrogens with zero attached hydrogens (tertiary/aromatic N) is 2. The Balaban J connectivity index is 2.13. The van der Waals surface area contributed by atoms with Gasteiger partial charge in [0.05, 0.1) is 5.69 Å². The number of amides is 1. The molecule has 0 aliphatic carbocycles. The fourth-order valence-corrected chi connectivity index (χ4v) is 2.30. The molecule has 0 radical (unpaired) electrons. The Hall–Kier alpha value is -1.36. The monoisotopic (exact) mass is 236 g/mol. The predicted molar refractivity (Wildman–Crippen MR) is 65.7 cm³/mol. The average Bonchev–Trinajstić information content (AvgIpc) is 2.67. The van der Waals surface area contributed by atoms with Crippen molar-refractivity contribution in [1.82, 2.24) is 20.2 Å². The molecule has 0 unspecified atom stereocenters. The topological polar surface area (TPSA) is 59.0 Å². The largest absolute Gasteiger partial charge is 0.355 e. The first kappa shape index (κ1) is 12.1. The second kappa shape index (κ2) is 5.31. The molecule has 2 heterocycles. The van der Waals surface area contributed by atoms with Gasteiger partial charge in [-0.2, -0.15) is 0 Å². The summed E-state index contributed by atoms with van der Waals surface area (Å²) < 4.78 is 2.27. The highest BCUT2D eigenvalue weighted by Gasteiger charge is 2.18. The van der Waals surface area contributed by atoms with Crippen LogP contribution < -0.4 is 10.6 Å². The molecule has 0 spiro atoms. The summed E-state index contributed by atoms with van der Waals surface area (Å²) in [4.78, 5) is 15.5. The number of hydrogen-bond acceptors (Lipinski definition) is 3. The van der Waals surface area contributed by atoms with Gasteiger partial charge < -0.3 is 15.2 Å². The van der Waals surface area contributed by atoms with Crippen molar-refractivity contribution in [2.24, 2.45) is 0 Å². The Labute approximate surface area is 102 Å². The molecule has 1 aromatic rings. The van der Waals surface area contributed by atoms with E-state index in [2.05, 4.69) is 27.1 Å². The second-order valence-corrected chi connectivity index (χ2v) is 4.34. The molecule has 0 bridgehead atoms. The minimum atomic E-state index is 0.0266. The van der Waals surface area contributed by atoms with E-state index in [0.29, 0.717) is 6.54 Å². The van der Waals surface area contributed by atoms with E-state index in [9.17, 15) is 4.79 Å². The molecule has 0 saturated carbocycles. The normalized spacial score (nSPS) is 14.5. The molecule has 1 aromatic heterocycles. The summed E-state index contributed by atoms with van der Waals surface area (Å²) in [5, 5.41) is 6.17. The highest BCUT2D eigenvalue weighted by Crippen LogP contribution is 2.16. The quantitative estimate of drug-likeness (QED) is 0.786. The smallest absolute Gasteiger partial charge is 0.216 e. The Morgan fingerprint density at radius 2 is 2.41 bits per heavy atom. The van der Waals surface area contributed by atoms with Crippen LogP contribution in [0.5, 0.6) is 0 Å². The van der Waals surface area contributed by atoms with E-state index >= 15 is 0 Å². The van der Waals surface area contributed by atoms with E-state index in [4.69, 9.17) is 0 Å². The first-order valence-corrected chi connectivity index (χ1v) is 6.24.